The number of hydrogen-bond acceptors (Lipinski definition) is 3. The van der Waals surface area contributed by atoms with Crippen LogP contribution in [0.15, 0.2) is 23.4 Å². The summed E-state index contributed by atoms with van der Waals surface area (Å²) in [5, 5.41) is 0. The molecule has 7 heteroatoms. The first-order valence-electron chi connectivity index (χ1n) is 6.26. The number of aromatic nitrogens is 1. The van der Waals surface area contributed by atoms with Gasteiger partial charge in [0.2, 0.25) is 10.0 Å². The van der Waals surface area contributed by atoms with Crippen molar-refractivity contribution in [2.75, 3.05) is 0 Å². The van der Waals surface area contributed by atoms with Crippen molar-refractivity contribution in [1.82, 2.24) is 9.71 Å². The summed E-state index contributed by atoms with van der Waals surface area (Å²) in [6.45, 7) is 0. The van der Waals surface area contributed by atoms with E-state index >= 15 is 0 Å². The molecule has 0 aromatic carbocycles. The molecule has 2 unspecified atom stereocenters. The van der Waals surface area contributed by atoms with Crippen LogP contribution < -0.4 is 4.72 Å². The average molecular weight is 351 g/mol. The molecule has 1 saturated carbocycles. The molecule has 1 aliphatic rings. The molecule has 2 atom stereocenters. The maximum atomic E-state index is 13.1. The summed E-state index contributed by atoms with van der Waals surface area (Å²) in [4.78, 5) is 3.56. The molecule has 19 heavy (non-hydrogen) atoms. The monoisotopic (exact) mass is 350 g/mol. The Morgan fingerprint density at radius 3 is 2.74 bits per heavy atom. The largest absolute Gasteiger partial charge is 0.260 e. The zero-order chi connectivity index (χ0) is 13.9. The molecular formula is C12H16BrFN2O2S. The second-order valence-electron chi connectivity index (χ2n) is 4.72. The molecule has 1 fully saturated rings. The molecule has 106 valence electrons. The molecule has 4 nitrogen and oxygen atoms in total. The highest BCUT2D eigenvalue weighted by Gasteiger charge is 2.27. The second kappa shape index (κ2) is 6.28. The topological polar surface area (TPSA) is 59.1 Å². The fourth-order valence-corrected chi connectivity index (χ4v) is 4.38. The molecule has 2 rings (SSSR count). The normalized spacial score (nSPS) is 24.9. The first kappa shape index (κ1) is 14.9. The van der Waals surface area contributed by atoms with Gasteiger partial charge in [-0.2, -0.15) is 0 Å². The summed E-state index contributed by atoms with van der Waals surface area (Å²) in [6, 6.07) is 0.825. The van der Waals surface area contributed by atoms with Crippen LogP contribution in [0.2, 0.25) is 0 Å². The third-order valence-corrected chi connectivity index (χ3v) is 5.78. The lowest BCUT2D eigenvalue weighted by Crippen LogP contribution is -2.40. The fourth-order valence-electron chi connectivity index (χ4n) is 2.20. The number of nitrogens with zero attached hydrogens (tertiary/aromatic N) is 1. The van der Waals surface area contributed by atoms with Crippen LogP contribution in [0.3, 0.4) is 0 Å². The van der Waals surface area contributed by atoms with E-state index in [1.165, 1.54) is 0 Å². The van der Waals surface area contributed by atoms with Crippen LogP contribution in [0.4, 0.5) is 4.39 Å². The zero-order valence-electron chi connectivity index (χ0n) is 10.4. The number of alkyl halides is 1. The van der Waals surface area contributed by atoms with Crippen molar-refractivity contribution in [3.05, 3.63) is 24.3 Å². The first-order valence-corrected chi connectivity index (χ1v) is 8.66. The predicted octanol–water partition coefficient (Wildman–Crippen LogP) is 2.60. The number of rotatable bonds is 3. The lowest BCUT2D eigenvalue weighted by molar-refractivity contribution is 0.519. The third kappa shape index (κ3) is 3.97. The molecule has 0 radical (unpaired) electrons. The molecule has 1 aromatic heterocycles. The Morgan fingerprint density at radius 1 is 1.26 bits per heavy atom. The van der Waals surface area contributed by atoms with E-state index < -0.39 is 15.8 Å². The van der Waals surface area contributed by atoms with Crippen molar-refractivity contribution in [3.8, 4) is 0 Å². The van der Waals surface area contributed by atoms with Crippen molar-refractivity contribution in [2.24, 2.45) is 0 Å². The van der Waals surface area contributed by atoms with Crippen LogP contribution in [-0.4, -0.2) is 24.3 Å². The van der Waals surface area contributed by atoms with Gasteiger partial charge in [-0.3, -0.25) is 4.98 Å². The van der Waals surface area contributed by atoms with E-state index in [4.69, 9.17) is 0 Å². The predicted molar refractivity (Wildman–Crippen MR) is 74.1 cm³/mol. The Bertz CT molecular complexity index is 538. The SMILES string of the molecule is O=S(=O)(NC1CCCCCC1Br)c1cncc(F)c1. The summed E-state index contributed by atoms with van der Waals surface area (Å²) in [5.74, 6) is -0.654. The lowest BCUT2D eigenvalue weighted by atomic mass is 10.1. The summed E-state index contributed by atoms with van der Waals surface area (Å²) in [7, 11) is -3.71. The van der Waals surface area contributed by atoms with Crippen LogP contribution in [0.5, 0.6) is 0 Å². The second-order valence-corrected chi connectivity index (χ2v) is 7.61. The van der Waals surface area contributed by atoms with Crippen LogP contribution in [0, 0.1) is 5.82 Å². The van der Waals surface area contributed by atoms with Crippen LogP contribution >= 0.6 is 15.9 Å². The highest BCUT2D eigenvalue weighted by molar-refractivity contribution is 9.09. The van der Waals surface area contributed by atoms with Crippen molar-refractivity contribution in [3.63, 3.8) is 0 Å². The minimum Gasteiger partial charge on any atom is -0.260 e. The van der Waals surface area contributed by atoms with Gasteiger partial charge < -0.3 is 0 Å². The summed E-state index contributed by atoms with van der Waals surface area (Å²) in [6.07, 6.45) is 7.07. The average Bonchev–Trinajstić information content (AvgIpc) is 2.55. The van der Waals surface area contributed by atoms with Gasteiger partial charge in [0.15, 0.2) is 0 Å². The van der Waals surface area contributed by atoms with Gasteiger partial charge >= 0.3 is 0 Å². The van der Waals surface area contributed by atoms with E-state index in [1.807, 2.05) is 0 Å². The van der Waals surface area contributed by atoms with Crippen molar-refractivity contribution in [2.45, 2.75) is 47.9 Å². The maximum absolute atomic E-state index is 13.1. The van der Waals surface area contributed by atoms with E-state index in [0.29, 0.717) is 0 Å². The Labute approximate surface area is 121 Å². The zero-order valence-corrected chi connectivity index (χ0v) is 12.8. The Kier molecular flexibility index (Phi) is 4.92. The van der Waals surface area contributed by atoms with Crippen LogP contribution in [0.1, 0.15) is 32.1 Å². The number of hydrogen-bond donors (Lipinski definition) is 1. The standard InChI is InChI=1S/C12H16BrFN2O2S/c13-11-4-2-1-3-5-12(11)16-19(17,18)10-6-9(14)7-15-8-10/h6-8,11-12,16H,1-5H2. The molecule has 0 bridgehead atoms. The summed E-state index contributed by atoms with van der Waals surface area (Å²) >= 11 is 3.53. The quantitative estimate of drug-likeness (QED) is 0.673. The molecule has 0 saturated heterocycles. The molecule has 0 spiro atoms. The third-order valence-electron chi connectivity index (χ3n) is 3.23. The van der Waals surface area contributed by atoms with E-state index in [9.17, 15) is 12.8 Å². The van der Waals surface area contributed by atoms with Crippen molar-refractivity contribution >= 4 is 26.0 Å². The fraction of sp³-hybridized carbons (Fsp3) is 0.583. The Morgan fingerprint density at radius 2 is 2.00 bits per heavy atom. The summed E-state index contributed by atoms with van der Waals surface area (Å²) < 4.78 is 40.0. The number of pyridine rings is 1. The van der Waals surface area contributed by atoms with Gasteiger partial charge in [0.1, 0.15) is 10.7 Å². The molecule has 0 aliphatic heterocycles. The highest BCUT2D eigenvalue weighted by Crippen LogP contribution is 2.25. The molecule has 1 aliphatic carbocycles. The number of halogens is 2. The smallest absolute Gasteiger partial charge is 0.242 e. The van der Waals surface area contributed by atoms with Gasteiger partial charge in [-0.25, -0.2) is 17.5 Å². The van der Waals surface area contributed by atoms with Gasteiger partial charge in [-0.1, -0.05) is 35.2 Å². The molecular weight excluding hydrogens is 335 g/mol. The molecule has 0 amide bonds. The minimum atomic E-state index is -3.71. The number of sulfonamides is 1. The Balaban J connectivity index is 2.16. The van der Waals surface area contributed by atoms with Crippen LogP contribution in [0.25, 0.3) is 0 Å². The maximum Gasteiger partial charge on any atom is 0.242 e. The highest BCUT2D eigenvalue weighted by atomic mass is 79.9. The van der Waals surface area contributed by atoms with Gasteiger partial charge in [-0.05, 0) is 18.9 Å². The van der Waals surface area contributed by atoms with Gasteiger partial charge in [0.05, 0.1) is 6.20 Å². The van der Waals surface area contributed by atoms with E-state index in [1.54, 1.807) is 0 Å². The van der Waals surface area contributed by atoms with Gasteiger partial charge in [-0.15, -0.1) is 0 Å². The molecule has 1 aromatic rings. The first-order chi connectivity index (χ1) is 8.99. The van der Waals surface area contributed by atoms with E-state index in [-0.39, 0.29) is 15.8 Å². The van der Waals surface area contributed by atoms with Gasteiger partial charge in [0.25, 0.3) is 0 Å². The van der Waals surface area contributed by atoms with Crippen LogP contribution in [-0.2, 0) is 10.0 Å². The van der Waals surface area contributed by atoms with Gasteiger partial charge in [0, 0.05) is 17.1 Å². The minimum absolute atomic E-state index is 0.117. The Hall–Kier alpha value is -0.530. The van der Waals surface area contributed by atoms with Crippen molar-refractivity contribution < 1.29 is 12.8 Å². The lowest BCUT2D eigenvalue weighted by Gasteiger charge is -2.21. The molecule has 1 N–H and O–H groups in total. The molecule has 1 heterocycles. The van der Waals surface area contributed by atoms with E-state index in [2.05, 4.69) is 25.6 Å². The summed E-state index contributed by atoms with van der Waals surface area (Å²) in [5.41, 5.74) is 0. The number of nitrogens with one attached hydrogen (secondary N) is 1. The van der Waals surface area contributed by atoms with E-state index in [0.717, 1.165) is 50.6 Å². The van der Waals surface area contributed by atoms with Crippen molar-refractivity contribution in [1.29, 1.82) is 0 Å².